The summed E-state index contributed by atoms with van der Waals surface area (Å²) in [6.07, 6.45) is 5.77. The maximum atomic E-state index is 11.0. The molecule has 3 heterocycles. The van der Waals surface area contributed by atoms with Gasteiger partial charge in [0.2, 0.25) is 0 Å². The number of aromatic amines is 1. The monoisotopic (exact) mass is 314 g/mol. The molecule has 0 unspecified atom stereocenters. The van der Waals surface area contributed by atoms with E-state index >= 15 is 0 Å². The number of aromatic nitrogens is 2. The smallest absolute Gasteiger partial charge is 0.352 e. The molecular formula is C17H22N4O2. The minimum Gasteiger partial charge on any atom is -0.477 e. The van der Waals surface area contributed by atoms with E-state index in [0.717, 1.165) is 48.4 Å². The number of carboxylic acids is 1. The molecule has 0 spiro atoms. The van der Waals surface area contributed by atoms with Gasteiger partial charge in [-0.2, -0.15) is 0 Å². The minimum absolute atomic E-state index is 0.195. The van der Waals surface area contributed by atoms with Crippen molar-refractivity contribution >= 4 is 11.8 Å². The second-order valence-electron chi connectivity index (χ2n) is 6.21. The molecule has 1 saturated heterocycles. The number of piperidine rings is 1. The summed E-state index contributed by atoms with van der Waals surface area (Å²) < 4.78 is 0. The third kappa shape index (κ3) is 3.53. The van der Waals surface area contributed by atoms with Crippen LogP contribution in [0.2, 0.25) is 0 Å². The predicted octanol–water partition coefficient (Wildman–Crippen LogP) is 2.59. The van der Waals surface area contributed by atoms with Crippen LogP contribution < -0.4 is 5.32 Å². The Hall–Kier alpha value is -2.34. The SMILES string of the molecule is Cc1cnc(NC2CCN(C)CC2)cc1-c1c[nH]c(C(=O)O)c1. The fraction of sp³-hybridized carbons (Fsp3) is 0.412. The zero-order valence-corrected chi connectivity index (χ0v) is 13.5. The van der Waals surface area contributed by atoms with E-state index in [1.807, 2.05) is 19.2 Å². The molecule has 0 aliphatic carbocycles. The van der Waals surface area contributed by atoms with Gasteiger partial charge in [0.1, 0.15) is 11.5 Å². The summed E-state index contributed by atoms with van der Waals surface area (Å²) in [7, 11) is 2.14. The van der Waals surface area contributed by atoms with Crippen LogP contribution in [-0.4, -0.2) is 52.1 Å². The maximum Gasteiger partial charge on any atom is 0.352 e. The van der Waals surface area contributed by atoms with Gasteiger partial charge < -0.3 is 20.3 Å². The molecule has 23 heavy (non-hydrogen) atoms. The van der Waals surface area contributed by atoms with Crippen molar-refractivity contribution in [3.8, 4) is 11.1 Å². The van der Waals surface area contributed by atoms with E-state index in [1.165, 1.54) is 0 Å². The van der Waals surface area contributed by atoms with Crippen LogP contribution >= 0.6 is 0 Å². The molecule has 0 amide bonds. The summed E-state index contributed by atoms with van der Waals surface area (Å²) in [4.78, 5) is 20.6. The molecule has 6 heteroatoms. The molecule has 0 atom stereocenters. The van der Waals surface area contributed by atoms with Crippen molar-refractivity contribution < 1.29 is 9.90 Å². The number of carboxylic acid groups (broad SMARTS) is 1. The average molecular weight is 314 g/mol. The lowest BCUT2D eigenvalue weighted by Crippen LogP contribution is -2.36. The van der Waals surface area contributed by atoms with Crippen LogP contribution in [0.15, 0.2) is 24.5 Å². The molecule has 0 radical (unpaired) electrons. The van der Waals surface area contributed by atoms with Crippen LogP contribution in [0, 0.1) is 6.92 Å². The molecule has 3 N–H and O–H groups in total. The van der Waals surface area contributed by atoms with Crippen LogP contribution in [0.3, 0.4) is 0 Å². The van der Waals surface area contributed by atoms with Gasteiger partial charge in [0.25, 0.3) is 0 Å². The maximum absolute atomic E-state index is 11.0. The number of aromatic carboxylic acids is 1. The third-order valence-electron chi connectivity index (χ3n) is 4.40. The number of carbonyl (C=O) groups is 1. The summed E-state index contributed by atoms with van der Waals surface area (Å²) in [5.41, 5.74) is 3.09. The number of nitrogens with zero attached hydrogens (tertiary/aromatic N) is 2. The zero-order valence-electron chi connectivity index (χ0n) is 13.5. The van der Waals surface area contributed by atoms with Crippen molar-refractivity contribution in [1.82, 2.24) is 14.9 Å². The molecule has 2 aromatic heterocycles. The Morgan fingerprint density at radius 3 is 2.78 bits per heavy atom. The summed E-state index contributed by atoms with van der Waals surface area (Å²) in [6, 6.07) is 4.10. The molecular weight excluding hydrogens is 292 g/mol. The highest BCUT2D eigenvalue weighted by Crippen LogP contribution is 2.27. The van der Waals surface area contributed by atoms with E-state index in [2.05, 4.69) is 27.2 Å². The lowest BCUT2D eigenvalue weighted by Gasteiger charge is -2.29. The Kier molecular flexibility index (Phi) is 4.34. The van der Waals surface area contributed by atoms with Crippen molar-refractivity contribution in [2.75, 3.05) is 25.5 Å². The van der Waals surface area contributed by atoms with Gasteiger partial charge >= 0.3 is 5.97 Å². The van der Waals surface area contributed by atoms with Gasteiger partial charge in [-0.05, 0) is 63.2 Å². The number of hydrogen-bond acceptors (Lipinski definition) is 4. The van der Waals surface area contributed by atoms with E-state index in [4.69, 9.17) is 5.11 Å². The molecule has 0 bridgehead atoms. The highest BCUT2D eigenvalue weighted by atomic mass is 16.4. The molecule has 1 fully saturated rings. The molecule has 122 valence electrons. The lowest BCUT2D eigenvalue weighted by atomic mass is 10.0. The molecule has 0 saturated carbocycles. The van der Waals surface area contributed by atoms with Gasteiger partial charge in [0, 0.05) is 24.0 Å². The van der Waals surface area contributed by atoms with Gasteiger partial charge in [-0.3, -0.25) is 0 Å². The van der Waals surface area contributed by atoms with Gasteiger partial charge in [-0.1, -0.05) is 0 Å². The van der Waals surface area contributed by atoms with Gasteiger partial charge in [0.05, 0.1) is 0 Å². The molecule has 3 rings (SSSR count). The predicted molar refractivity (Wildman–Crippen MR) is 89.9 cm³/mol. The summed E-state index contributed by atoms with van der Waals surface area (Å²) in [6.45, 7) is 4.17. The Bertz CT molecular complexity index is 702. The Morgan fingerprint density at radius 1 is 1.39 bits per heavy atom. The van der Waals surface area contributed by atoms with Crippen LogP contribution in [0.1, 0.15) is 28.9 Å². The van der Waals surface area contributed by atoms with E-state index in [9.17, 15) is 4.79 Å². The molecule has 1 aliphatic heterocycles. The molecule has 2 aromatic rings. The first kappa shape index (κ1) is 15.6. The van der Waals surface area contributed by atoms with Crippen molar-refractivity contribution in [3.05, 3.63) is 35.8 Å². The van der Waals surface area contributed by atoms with Gasteiger partial charge in [-0.15, -0.1) is 0 Å². The normalized spacial score (nSPS) is 16.4. The molecule has 1 aliphatic rings. The van der Waals surface area contributed by atoms with Crippen molar-refractivity contribution in [2.45, 2.75) is 25.8 Å². The highest BCUT2D eigenvalue weighted by molar-refractivity contribution is 5.88. The van der Waals surface area contributed by atoms with Crippen molar-refractivity contribution in [2.24, 2.45) is 0 Å². The zero-order chi connectivity index (χ0) is 16.4. The lowest BCUT2D eigenvalue weighted by molar-refractivity contribution is 0.0691. The first-order valence-electron chi connectivity index (χ1n) is 7.87. The van der Waals surface area contributed by atoms with Gasteiger partial charge in [-0.25, -0.2) is 9.78 Å². The first-order valence-corrected chi connectivity index (χ1v) is 7.87. The van der Waals surface area contributed by atoms with Crippen LogP contribution in [-0.2, 0) is 0 Å². The van der Waals surface area contributed by atoms with Crippen molar-refractivity contribution in [3.63, 3.8) is 0 Å². The Labute approximate surface area is 135 Å². The fourth-order valence-electron chi connectivity index (χ4n) is 2.95. The minimum atomic E-state index is -0.951. The number of pyridine rings is 1. The van der Waals surface area contributed by atoms with E-state index < -0.39 is 5.97 Å². The number of nitrogens with one attached hydrogen (secondary N) is 2. The number of H-pyrrole nitrogens is 1. The topological polar surface area (TPSA) is 81.2 Å². The number of aryl methyl sites for hydroxylation is 1. The summed E-state index contributed by atoms with van der Waals surface area (Å²) >= 11 is 0. The molecule has 0 aromatic carbocycles. The van der Waals surface area contributed by atoms with Crippen molar-refractivity contribution in [1.29, 1.82) is 0 Å². The molecule has 6 nitrogen and oxygen atoms in total. The Balaban J connectivity index is 1.79. The van der Waals surface area contributed by atoms with Crippen LogP contribution in [0.4, 0.5) is 5.82 Å². The quantitative estimate of drug-likeness (QED) is 0.808. The fourth-order valence-corrected chi connectivity index (χ4v) is 2.95. The second-order valence-corrected chi connectivity index (χ2v) is 6.21. The van der Waals surface area contributed by atoms with Gasteiger partial charge in [0.15, 0.2) is 0 Å². The van der Waals surface area contributed by atoms with Crippen LogP contribution in [0.25, 0.3) is 11.1 Å². The van der Waals surface area contributed by atoms with E-state index in [0.29, 0.717) is 6.04 Å². The Morgan fingerprint density at radius 2 is 2.13 bits per heavy atom. The summed E-state index contributed by atoms with van der Waals surface area (Å²) in [5.74, 6) is -0.106. The summed E-state index contributed by atoms with van der Waals surface area (Å²) in [5, 5.41) is 12.6. The average Bonchev–Trinajstić information content (AvgIpc) is 3.01. The number of hydrogen-bond donors (Lipinski definition) is 3. The highest BCUT2D eigenvalue weighted by Gasteiger charge is 2.17. The largest absolute Gasteiger partial charge is 0.477 e. The number of likely N-dealkylation sites (tertiary alicyclic amines) is 1. The second kappa shape index (κ2) is 6.42. The number of rotatable bonds is 4. The first-order chi connectivity index (χ1) is 11.0. The van der Waals surface area contributed by atoms with E-state index in [1.54, 1.807) is 12.3 Å². The number of anilines is 1. The standard InChI is InChI=1S/C17H22N4O2/c1-11-9-19-16(20-13-3-5-21(2)6-4-13)8-14(11)12-7-15(17(22)23)18-10-12/h7-10,13,18H,3-6H2,1-2H3,(H,19,20)(H,22,23). The van der Waals surface area contributed by atoms with E-state index in [-0.39, 0.29) is 5.69 Å². The third-order valence-corrected chi connectivity index (χ3v) is 4.40. The van der Waals surface area contributed by atoms with Crippen LogP contribution in [0.5, 0.6) is 0 Å².